The van der Waals surface area contributed by atoms with Gasteiger partial charge in [0.05, 0.1) is 0 Å². The van der Waals surface area contributed by atoms with Crippen LogP contribution in [-0.4, -0.2) is 29.1 Å². The van der Waals surface area contributed by atoms with Gasteiger partial charge in [-0.15, -0.1) is 0 Å². The summed E-state index contributed by atoms with van der Waals surface area (Å²) in [7, 11) is 0. The minimum atomic E-state index is 0.790. The molecule has 0 aromatic carbocycles. The first-order valence-corrected chi connectivity index (χ1v) is 6.23. The van der Waals surface area contributed by atoms with Crippen LogP contribution in [0.1, 0.15) is 30.5 Å². The van der Waals surface area contributed by atoms with Gasteiger partial charge in [-0.25, -0.2) is 9.97 Å². The first-order chi connectivity index (χ1) is 7.93. The first-order valence-electron chi connectivity index (χ1n) is 6.23. The maximum absolute atomic E-state index is 4.33. The van der Waals surface area contributed by atoms with Gasteiger partial charge in [-0.05, 0) is 32.1 Å². The van der Waals surface area contributed by atoms with Crippen LogP contribution in [0.2, 0.25) is 0 Å². The zero-order chi connectivity index (χ0) is 10.8. The van der Waals surface area contributed by atoms with Gasteiger partial charge >= 0.3 is 0 Å². The summed E-state index contributed by atoms with van der Waals surface area (Å²) in [4.78, 5) is 8.65. The summed E-state index contributed by atoms with van der Waals surface area (Å²) in [6, 6.07) is 0.790. The molecule has 0 saturated heterocycles. The molecule has 0 atom stereocenters. The molecule has 1 fully saturated rings. The van der Waals surface area contributed by atoms with E-state index < -0.39 is 0 Å². The summed E-state index contributed by atoms with van der Waals surface area (Å²) in [6.07, 6.45) is 7.86. The lowest BCUT2D eigenvalue weighted by molar-refractivity contribution is 0.700. The van der Waals surface area contributed by atoms with Gasteiger partial charge in [-0.2, -0.15) is 0 Å². The van der Waals surface area contributed by atoms with Gasteiger partial charge in [0.1, 0.15) is 12.1 Å². The summed E-state index contributed by atoms with van der Waals surface area (Å²) < 4.78 is 0. The van der Waals surface area contributed by atoms with Crippen LogP contribution in [0.15, 0.2) is 6.33 Å². The molecule has 1 aromatic rings. The Morgan fingerprint density at radius 2 is 2.12 bits per heavy atom. The Hall–Kier alpha value is -1.16. The van der Waals surface area contributed by atoms with E-state index in [0.29, 0.717) is 0 Å². The molecule has 0 bridgehead atoms. The fraction of sp³-hybridized carbons (Fsp3) is 0.667. The standard InChI is InChI=1S/C12H18N4/c1-2-10-11(3-1)15-8-16-12(10)14-7-6-13-9-4-5-9/h8-9,13H,1-7H2,(H,14,15,16). The molecular weight excluding hydrogens is 200 g/mol. The van der Waals surface area contributed by atoms with Gasteiger partial charge in [-0.1, -0.05) is 0 Å². The third kappa shape index (κ3) is 2.16. The molecule has 0 spiro atoms. The third-order valence-corrected chi connectivity index (χ3v) is 3.30. The van der Waals surface area contributed by atoms with E-state index in [9.17, 15) is 0 Å². The second-order valence-electron chi connectivity index (χ2n) is 4.66. The number of nitrogens with zero attached hydrogens (tertiary/aromatic N) is 2. The highest BCUT2D eigenvalue weighted by Crippen LogP contribution is 2.24. The second-order valence-corrected chi connectivity index (χ2v) is 4.66. The first kappa shape index (κ1) is 10.0. The van der Waals surface area contributed by atoms with E-state index in [0.717, 1.165) is 37.8 Å². The van der Waals surface area contributed by atoms with Gasteiger partial charge < -0.3 is 10.6 Å². The molecule has 0 unspecified atom stereocenters. The van der Waals surface area contributed by atoms with Crippen molar-refractivity contribution in [3.63, 3.8) is 0 Å². The van der Waals surface area contributed by atoms with Crippen LogP contribution in [0.4, 0.5) is 5.82 Å². The fourth-order valence-corrected chi connectivity index (χ4v) is 2.26. The van der Waals surface area contributed by atoms with E-state index in [-0.39, 0.29) is 0 Å². The molecule has 0 radical (unpaired) electrons. The zero-order valence-electron chi connectivity index (χ0n) is 9.50. The largest absolute Gasteiger partial charge is 0.368 e. The van der Waals surface area contributed by atoms with E-state index in [1.54, 1.807) is 6.33 Å². The van der Waals surface area contributed by atoms with Crippen molar-refractivity contribution in [2.75, 3.05) is 18.4 Å². The Labute approximate surface area is 95.9 Å². The van der Waals surface area contributed by atoms with Crippen LogP contribution < -0.4 is 10.6 Å². The molecule has 1 saturated carbocycles. The highest BCUT2D eigenvalue weighted by molar-refractivity contribution is 5.47. The summed E-state index contributed by atoms with van der Waals surface area (Å²) in [5.74, 6) is 1.06. The fourth-order valence-electron chi connectivity index (χ4n) is 2.26. The van der Waals surface area contributed by atoms with Crippen molar-refractivity contribution in [2.24, 2.45) is 0 Å². The molecule has 2 aliphatic carbocycles. The molecule has 16 heavy (non-hydrogen) atoms. The van der Waals surface area contributed by atoms with Gasteiger partial charge in [-0.3, -0.25) is 0 Å². The average Bonchev–Trinajstić information content (AvgIpc) is 3.00. The molecule has 1 heterocycles. The van der Waals surface area contributed by atoms with Crippen LogP contribution in [0.3, 0.4) is 0 Å². The normalized spacial score (nSPS) is 18.5. The van der Waals surface area contributed by atoms with Crippen molar-refractivity contribution in [2.45, 2.75) is 38.1 Å². The van der Waals surface area contributed by atoms with Gasteiger partial charge in [0.2, 0.25) is 0 Å². The van der Waals surface area contributed by atoms with Crippen LogP contribution in [0.5, 0.6) is 0 Å². The van der Waals surface area contributed by atoms with Crippen molar-refractivity contribution >= 4 is 5.82 Å². The number of nitrogens with one attached hydrogen (secondary N) is 2. The molecule has 0 aliphatic heterocycles. The number of anilines is 1. The maximum atomic E-state index is 4.33. The predicted molar refractivity (Wildman–Crippen MR) is 63.6 cm³/mol. The Morgan fingerprint density at radius 1 is 1.19 bits per heavy atom. The van der Waals surface area contributed by atoms with E-state index in [1.807, 2.05) is 0 Å². The number of hydrogen-bond donors (Lipinski definition) is 2. The Balaban J connectivity index is 1.55. The quantitative estimate of drug-likeness (QED) is 0.727. The van der Waals surface area contributed by atoms with Gasteiger partial charge in [0, 0.05) is 30.4 Å². The molecular formula is C12H18N4. The van der Waals surface area contributed by atoms with Crippen LogP contribution >= 0.6 is 0 Å². The Morgan fingerprint density at radius 3 is 3.00 bits per heavy atom. The van der Waals surface area contributed by atoms with Crippen LogP contribution in [0.25, 0.3) is 0 Å². The second kappa shape index (κ2) is 4.37. The van der Waals surface area contributed by atoms with Gasteiger partial charge in [0.25, 0.3) is 0 Å². The van der Waals surface area contributed by atoms with E-state index >= 15 is 0 Å². The lowest BCUT2D eigenvalue weighted by Crippen LogP contribution is -2.24. The molecule has 3 rings (SSSR count). The number of fused-ring (bicyclic) bond motifs is 1. The highest BCUT2D eigenvalue weighted by Gasteiger charge is 2.20. The summed E-state index contributed by atoms with van der Waals surface area (Å²) in [5.41, 5.74) is 2.58. The zero-order valence-corrected chi connectivity index (χ0v) is 9.50. The van der Waals surface area contributed by atoms with Gasteiger partial charge in [0.15, 0.2) is 0 Å². The molecule has 86 valence electrons. The van der Waals surface area contributed by atoms with E-state index in [1.165, 1.54) is 30.5 Å². The van der Waals surface area contributed by atoms with E-state index in [2.05, 4.69) is 20.6 Å². The summed E-state index contributed by atoms with van der Waals surface area (Å²) >= 11 is 0. The lowest BCUT2D eigenvalue weighted by Gasteiger charge is -2.09. The number of hydrogen-bond acceptors (Lipinski definition) is 4. The molecule has 4 nitrogen and oxygen atoms in total. The summed E-state index contributed by atoms with van der Waals surface area (Å²) in [5, 5.41) is 6.90. The van der Waals surface area contributed by atoms with Crippen molar-refractivity contribution in [1.82, 2.24) is 15.3 Å². The van der Waals surface area contributed by atoms with Crippen LogP contribution in [-0.2, 0) is 12.8 Å². The molecule has 0 amide bonds. The SMILES string of the molecule is c1nc2c(c(NCCNC3CC3)n1)CCC2. The van der Waals surface area contributed by atoms with Crippen LogP contribution in [0, 0.1) is 0 Å². The Kier molecular flexibility index (Phi) is 2.74. The minimum Gasteiger partial charge on any atom is -0.368 e. The third-order valence-electron chi connectivity index (χ3n) is 3.30. The van der Waals surface area contributed by atoms with Crippen molar-refractivity contribution in [3.8, 4) is 0 Å². The highest BCUT2D eigenvalue weighted by atomic mass is 15.0. The molecule has 4 heteroatoms. The summed E-state index contributed by atoms with van der Waals surface area (Å²) in [6.45, 7) is 1.99. The topological polar surface area (TPSA) is 49.8 Å². The smallest absolute Gasteiger partial charge is 0.132 e. The maximum Gasteiger partial charge on any atom is 0.132 e. The Bertz CT molecular complexity index is 373. The monoisotopic (exact) mass is 218 g/mol. The number of aromatic nitrogens is 2. The van der Waals surface area contributed by atoms with E-state index in [4.69, 9.17) is 0 Å². The molecule has 2 aliphatic rings. The average molecular weight is 218 g/mol. The number of aryl methyl sites for hydroxylation is 1. The minimum absolute atomic E-state index is 0.790. The number of rotatable bonds is 5. The molecule has 1 aromatic heterocycles. The predicted octanol–water partition coefficient (Wildman–Crippen LogP) is 1.13. The van der Waals surface area contributed by atoms with Crippen molar-refractivity contribution in [3.05, 3.63) is 17.6 Å². The van der Waals surface area contributed by atoms with Crippen molar-refractivity contribution in [1.29, 1.82) is 0 Å². The van der Waals surface area contributed by atoms with Crippen molar-refractivity contribution < 1.29 is 0 Å². The lowest BCUT2D eigenvalue weighted by atomic mass is 10.2. The molecule has 2 N–H and O–H groups in total.